The molecule has 7 nitrogen and oxygen atoms in total. The van der Waals surface area contributed by atoms with E-state index < -0.39 is 6.10 Å². The lowest BCUT2D eigenvalue weighted by atomic mass is 10.1. The first-order valence-electron chi connectivity index (χ1n) is 10.1. The molecule has 158 valence electrons. The van der Waals surface area contributed by atoms with Crippen LogP contribution in [0.4, 0.5) is 0 Å². The van der Waals surface area contributed by atoms with Crippen molar-refractivity contribution < 1.29 is 24.2 Å². The standard InChI is InChI=1S/C23H26N2O5/c1-29-20-8-7-17(11-21(20)30-2)23(28)24-12-19(26)13-25(22(27)14-24)18-9-15-5-3-4-6-16(15)10-18/h3-8,11,18-19,26H,9-10,12-14H2,1-2H3. The molecular weight excluding hydrogens is 384 g/mol. The fourth-order valence-electron chi connectivity index (χ4n) is 4.37. The third kappa shape index (κ3) is 3.85. The molecular formula is C23H26N2O5. The SMILES string of the molecule is COc1ccc(C(=O)N2CC(=O)N(C3Cc4ccccc4C3)CC(O)C2)cc1OC. The first-order chi connectivity index (χ1) is 14.5. The first kappa shape index (κ1) is 20.2. The Bertz CT molecular complexity index is 935. The minimum absolute atomic E-state index is 0.0145. The highest BCUT2D eigenvalue weighted by molar-refractivity contribution is 5.97. The van der Waals surface area contributed by atoms with Crippen molar-refractivity contribution in [2.45, 2.75) is 25.0 Å². The predicted octanol–water partition coefficient (Wildman–Crippen LogP) is 1.52. The zero-order valence-electron chi connectivity index (χ0n) is 17.2. The molecule has 2 aromatic carbocycles. The van der Waals surface area contributed by atoms with E-state index in [9.17, 15) is 14.7 Å². The second-order valence-electron chi connectivity index (χ2n) is 7.79. The molecule has 0 aromatic heterocycles. The molecule has 0 spiro atoms. The van der Waals surface area contributed by atoms with Crippen LogP contribution in [0.2, 0.25) is 0 Å². The number of benzene rings is 2. The number of methoxy groups -OCH3 is 2. The van der Waals surface area contributed by atoms with Crippen LogP contribution in [0.5, 0.6) is 11.5 Å². The highest BCUT2D eigenvalue weighted by Gasteiger charge is 2.36. The molecule has 1 atom stereocenters. The van der Waals surface area contributed by atoms with Gasteiger partial charge in [0.2, 0.25) is 5.91 Å². The van der Waals surface area contributed by atoms with Gasteiger partial charge in [-0.25, -0.2) is 0 Å². The summed E-state index contributed by atoms with van der Waals surface area (Å²) in [5.41, 5.74) is 2.87. The van der Waals surface area contributed by atoms with Crippen LogP contribution in [0, 0.1) is 0 Å². The second-order valence-corrected chi connectivity index (χ2v) is 7.79. The molecule has 2 aliphatic rings. The van der Waals surface area contributed by atoms with Crippen molar-refractivity contribution >= 4 is 11.8 Å². The van der Waals surface area contributed by atoms with Crippen molar-refractivity contribution in [2.24, 2.45) is 0 Å². The molecule has 0 bridgehead atoms. The van der Waals surface area contributed by atoms with Crippen molar-refractivity contribution in [1.29, 1.82) is 0 Å². The summed E-state index contributed by atoms with van der Waals surface area (Å²) in [4.78, 5) is 29.3. The Morgan fingerprint density at radius 1 is 1.00 bits per heavy atom. The number of hydrogen-bond donors (Lipinski definition) is 1. The van der Waals surface area contributed by atoms with E-state index in [1.54, 1.807) is 23.1 Å². The third-order valence-electron chi connectivity index (χ3n) is 5.87. The Hall–Kier alpha value is -3.06. The van der Waals surface area contributed by atoms with Gasteiger partial charge < -0.3 is 24.4 Å². The summed E-state index contributed by atoms with van der Waals surface area (Å²) < 4.78 is 10.5. The summed E-state index contributed by atoms with van der Waals surface area (Å²) in [5.74, 6) is 0.501. The normalized spacial score (nSPS) is 19.4. The molecule has 1 heterocycles. The Kier molecular flexibility index (Phi) is 5.63. The number of aliphatic hydroxyl groups excluding tert-OH is 1. The maximum absolute atomic E-state index is 13.1. The topological polar surface area (TPSA) is 79.3 Å². The first-order valence-corrected chi connectivity index (χ1v) is 10.1. The van der Waals surface area contributed by atoms with E-state index in [0.29, 0.717) is 17.1 Å². The lowest BCUT2D eigenvalue weighted by molar-refractivity contribution is -0.133. The van der Waals surface area contributed by atoms with Crippen molar-refractivity contribution in [2.75, 3.05) is 33.9 Å². The van der Waals surface area contributed by atoms with E-state index in [2.05, 4.69) is 12.1 Å². The molecule has 1 fully saturated rings. The van der Waals surface area contributed by atoms with Gasteiger partial charge >= 0.3 is 0 Å². The van der Waals surface area contributed by atoms with Crippen LogP contribution in [0.25, 0.3) is 0 Å². The number of ether oxygens (including phenoxy) is 2. The molecule has 1 N–H and O–H groups in total. The summed E-state index contributed by atoms with van der Waals surface area (Å²) >= 11 is 0. The van der Waals surface area contributed by atoms with E-state index >= 15 is 0 Å². The predicted molar refractivity (Wildman–Crippen MR) is 111 cm³/mol. The number of rotatable bonds is 4. The van der Waals surface area contributed by atoms with Gasteiger partial charge in [-0.15, -0.1) is 0 Å². The van der Waals surface area contributed by atoms with Gasteiger partial charge in [0.05, 0.1) is 20.3 Å². The number of β-amino-alcohol motifs (C(OH)–C–C–N with tert-alkyl or cyclic N) is 1. The van der Waals surface area contributed by atoms with Crippen molar-refractivity contribution in [3.05, 3.63) is 59.2 Å². The molecule has 7 heteroatoms. The monoisotopic (exact) mass is 410 g/mol. The number of carbonyl (C=O) groups excluding carboxylic acids is 2. The molecule has 1 aliphatic carbocycles. The van der Waals surface area contributed by atoms with Crippen LogP contribution >= 0.6 is 0 Å². The summed E-state index contributed by atoms with van der Waals surface area (Å²) in [6.45, 7) is 0.277. The zero-order valence-corrected chi connectivity index (χ0v) is 17.2. The largest absolute Gasteiger partial charge is 0.493 e. The summed E-state index contributed by atoms with van der Waals surface area (Å²) in [7, 11) is 3.03. The Labute approximate surface area is 175 Å². The fraction of sp³-hybridized carbons (Fsp3) is 0.391. The summed E-state index contributed by atoms with van der Waals surface area (Å²) in [6, 6.07) is 13.1. The van der Waals surface area contributed by atoms with Gasteiger partial charge in [-0.1, -0.05) is 24.3 Å². The van der Waals surface area contributed by atoms with Crippen molar-refractivity contribution in [3.8, 4) is 11.5 Å². The number of carbonyl (C=O) groups is 2. The van der Waals surface area contributed by atoms with Gasteiger partial charge in [-0.3, -0.25) is 9.59 Å². The van der Waals surface area contributed by atoms with Crippen LogP contribution in [0.1, 0.15) is 21.5 Å². The minimum Gasteiger partial charge on any atom is -0.493 e. The molecule has 2 aromatic rings. The van der Waals surface area contributed by atoms with Crippen molar-refractivity contribution in [1.82, 2.24) is 9.80 Å². The van der Waals surface area contributed by atoms with E-state index in [0.717, 1.165) is 12.8 Å². The molecule has 1 saturated heterocycles. The van der Waals surface area contributed by atoms with E-state index in [-0.39, 0.29) is 37.5 Å². The lowest BCUT2D eigenvalue weighted by Gasteiger charge is -2.28. The number of amides is 2. The molecule has 1 unspecified atom stereocenters. The average molecular weight is 410 g/mol. The minimum atomic E-state index is -0.802. The van der Waals surface area contributed by atoms with Gasteiger partial charge in [0, 0.05) is 24.7 Å². The fourth-order valence-corrected chi connectivity index (χ4v) is 4.37. The molecule has 0 saturated carbocycles. The number of hydrogen-bond acceptors (Lipinski definition) is 5. The molecule has 1 aliphatic heterocycles. The van der Waals surface area contributed by atoms with Gasteiger partial charge in [0.15, 0.2) is 11.5 Å². The highest BCUT2D eigenvalue weighted by atomic mass is 16.5. The van der Waals surface area contributed by atoms with Gasteiger partial charge in [0.1, 0.15) is 6.54 Å². The smallest absolute Gasteiger partial charge is 0.254 e. The highest BCUT2D eigenvalue weighted by Crippen LogP contribution is 2.29. The van der Waals surface area contributed by atoms with Crippen LogP contribution in [0.3, 0.4) is 0 Å². The van der Waals surface area contributed by atoms with Crippen LogP contribution in [0.15, 0.2) is 42.5 Å². The van der Waals surface area contributed by atoms with Crippen LogP contribution in [-0.2, 0) is 17.6 Å². The zero-order chi connectivity index (χ0) is 21.3. The molecule has 2 amide bonds. The van der Waals surface area contributed by atoms with Crippen molar-refractivity contribution in [3.63, 3.8) is 0 Å². The molecule has 4 rings (SSSR count). The lowest BCUT2D eigenvalue weighted by Crippen LogP contribution is -2.45. The van der Waals surface area contributed by atoms with Gasteiger partial charge in [-0.05, 0) is 42.2 Å². The quantitative estimate of drug-likeness (QED) is 0.827. The maximum atomic E-state index is 13.1. The van der Waals surface area contributed by atoms with E-state index in [1.165, 1.54) is 30.2 Å². The van der Waals surface area contributed by atoms with Gasteiger partial charge in [-0.2, -0.15) is 0 Å². The maximum Gasteiger partial charge on any atom is 0.254 e. The van der Waals surface area contributed by atoms with E-state index in [4.69, 9.17) is 9.47 Å². The Balaban J connectivity index is 1.51. The molecule has 30 heavy (non-hydrogen) atoms. The number of fused-ring (bicyclic) bond motifs is 1. The average Bonchev–Trinajstić information content (AvgIpc) is 3.13. The third-order valence-corrected chi connectivity index (χ3v) is 5.87. The van der Waals surface area contributed by atoms with Gasteiger partial charge in [0.25, 0.3) is 5.91 Å². The van der Waals surface area contributed by atoms with E-state index in [1.807, 2.05) is 12.1 Å². The summed E-state index contributed by atoms with van der Waals surface area (Å²) in [5, 5.41) is 10.6. The number of aliphatic hydroxyl groups is 1. The molecule has 0 radical (unpaired) electrons. The second kappa shape index (κ2) is 8.36. The van der Waals surface area contributed by atoms with Crippen LogP contribution in [-0.4, -0.2) is 72.7 Å². The number of nitrogens with zero attached hydrogens (tertiary/aromatic N) is 2. The summed E-state index contributed by atoms with van der Waals surface area (Å²) in [6.07, 6.45) is 0.750. The Morgan fingerprint density at radius 2 is 1.67 bits per heavy atom. The van der Waals surface area contributed by atoms with Crippen LogP contribution < -0.4 is 9.47 Å². The Morgan fingerprint density at radius 3 is 2.30 bits per heavy atom.